The topological polar surface area (TPSA) is 52.0 Å². The Bertz CT molecular complexity index is 1520. The average Bonchev–Trinajstić information content (AvgIpc) is 3.20. The zero-order valence-electron chi connectivity index (χ0n) is 19.8. The standard InChI is InChI=1S/C27H25Cl3N2O2S/c1-27(2,3)25-15-24(32(31-25)16-19-8-6-10-22(28)26(19)30)21-12-11-18(14-23(21)29)17-7-5-9-20(13-17)35(4,33)34/h5-15H,16H2,1-4H3. The number of rotatable bonds is 5. The van der Waals surface area contributed by atoms with Gasteiger partial charge in [0.1, 0.15) is 0 Å². The molecule has 0 unspecified atom stereocenters. The summed E-state index contributed by atoms with van der Waals surface area (Å²) in [5.41, 5.74) is 4.88. The Morgan fingerprint density at radius 3 is 2.20 bits per heavy atom. The van der Waals surface area contributed by atoms with E-state index in [0.29, 0.717) is 21.6 Å². The van der Waals surface area contributed by atoms with Crippen molar-refractivity contribution in [3.8, 4) is 22.4 Å². The van der Waals surface area contributed by atoms with E-state index in [-0.39, 0.29) is 10.3 Å². The van der Waals surface area contributed by atoms with Gasteiger partial charge in [0.25, 0.3) is 0 Å². The Kier molecular flexibility index (Phi) is 7.09. The maximum Gasteiger partial charge on any atom is 0.175 e. The lowest BCUT2D eigenvalue weighted by atomic mass is 9.92. The molecule has 0 aliphatic carbocycles. The summed E-state index contributed by atoms with van der Waals surface area (Å²) in [6, 6.07) is 20.1. The number of hydrogen-bond acceptors (Lipinski definition) is 3. The van der Waals surface area contributed by atoms with Crippen molar-refractivity contribution in [3.63, 3.8) is 0 Å². The highest BCUT2D eigenvalue weighted by molar-refractivity contribution is 7.90. The molecule has 1 aromatic heterocycles. The van der Waals surface area contributed by atoms with Crippen molar-refractivity contribution >= 4 is 44.6 Å². The van der Waals surface area contributed by atoms with Crippen LogP contribution in [0.5, 0.6) is 0 Å². The van der Waals surface area contributed by atoms with E-state index in [1.54, 1.807) is 24.3 Å². The zero-order chi connectivity index (χ0) is 25.5. The predicted molar refractivity (Wildman–Crippen MR) is 145 cm³/mol. The second kappa shape index (κ2) is 9.62. The summed E-state index contributed by atoms with van der Waals surface area (Å²) in [5, 5.41) is 6.40. The van der Waals surface area contributed by atoms with Crippen molar-refractivity contribution in [3.05, 3.63) is 93.1 Å². The van der Waals surface area contributed by atoms with Crippen molar-refractivity contribution in [2.45, 2.75) is 37.6 Å². The maximum atomic E-state index is 12.0. The van der Waals surface area contributed by atoms with Crippen molar-refractivity contribution < 1.29 is 8.42 Å². The summed E-state index contributed by atoms with van der Waals surface area (Å²) in [5.74, 6) is 0. The van der Waals surface area contributed by atoms with E-state index in [1.165, 1.54) is 6.26 Å². The van der Waals surface area contributed by atoms with Crippen LogP contribution in [-0.2, 0) is 21.8 Å². The SMILES string of the molecule is CC(C)(C)c1cc(-c2ccc(-c3cccc(S(C)(=O)=O)c3)cc2Cl)n(Cc2cccc(Cl)c2Cl)n1. The van der Waals surface area contributed by atoms with Crippen LogP contribution in [0.25, 0.3) is 22.4 Å². The van der Waals surface area contributed by atoms with E-state index in [1.807, 2.05) is 47.1 Å². The van der Waals surface area contributed by atoms with Crippen molar-refractivity contribution in [2.24, 2.45) is 0 Å². The molecule has 0 spiro atoms. The Morgan fingerprint density at radius 1 is 0.857 bits per heavy atom. The highest BCUT2D eigenvalue weighted by Gasteiger charge is 2.22. The fourth-order valence-electron chi connectivity index (χ4n) is 3.76. The van der Waals surface area contributed by atoms with E-state index in [9.17, 15) is 8.42 Å². The van der Waals surface area contributed by atoms with Crippen LogP contribution < -0.4 is 0 Å². The number of halogens is 3. The van der Waals surface area contributed by atoms with Crippen LogP contribution in [0.4, 0.5) is 0 Å². The Balaban J connectivity index is 1.80. The van der Waals surface area contributed by atoms with Crippen molar-refractivity contribution in [1.29, 1.82) is 0 Å². The van der Waals surface area contributed by atoms with Gasteiger partial charge in [-0.2, -0.15) is 5.10 Å². The quantitative estimate of drug-likeness (QED) is 0.255. The second-order valence-electron chi connectivity index (χ2n) is 9.53. The molecule has 0 aliphatic heterocycles. The largest absolute Gasteiger partial charge is 0.260 e. The van der Waals surface area contributed by atoms with Crippen LogP contribution >= 0.6 is 34.8 Å². The summed E-state index contributed by atoms with van der Waals surface area (Å²) in [4.78, 5) is 0.265. The Morgan fingerprint density at radius 2 is 1.54 bits per heavy atom. The summed E-state index contributed by atoms with van der Waals surface area (Å²) in [6.45, 7) is 6.75. The minimum atomic E-state index is -3.31. The van der Waals surface area contributed by atoms with Gasteiger partial charge < -0.3 is 0 Å². The lowest BCUT2D eigenvalue weighted by Gasteiger charge is -2.14. The van der Waals surface area contributed by atoms with E-state index in [2.05, 4.69) is 20.8 Å². The van der Waals surface area contributed by atoms with Crippen LogP contribution in [0, 0.1) is 0 Å². The molecule has 0 saturated heterocycles. The molecule has 35 heavy (non-hydrogen) atoms. The molecule has 0 radical (unpaired) electrons. The molecule has 0 bridgehead atoms. The smallest absolute Gasteiger partial charge is 0.175 e. The van der Waals surface area contributed by atoms with Gasteiger partial charge in [0.05, 0.1) is 37.9 Å². The van der Waals surface area contributed by atoms with E-state index < -0.39 is 9.84 Å². The third-order valence-electron chi connectivity index (χ3n) is 5.74. The first-order valence-electron chi connectivity index (χ1n) is 11.0. The lowest BCUT2D eigenvalue weighted by molar-refractivity contribution is 0.546. The molecule has 4 rings (SSSR count). The highest BCUT2D eigenvalue weighted by atomic mass is 35.5. The fourth-order valence-corrected chi connectivity index (χ4v) is 5.09. The van der Waals surface area contributed by atoms with Crippen LogP contribution in [-0.4, -0.2) is 24.5 Å². The van der Waals surface area contributed by atoms with E-state index in [0.717, 1.165) is 33.6 Å². The number of benzene rings is 3. The number of sulfone groups is 1. The molecule has 0 N–H and O–H groups in total. The van der Waals surface area contributed by atoms with E-state index >= 15 is 0 Å². The number of aromatic nitrogens is 2. The first-order chi connectivity index (χ1) is 16.3. The molecule has 8 heteroatoms. The van der Waals surface area contributed by atoms with Gasteiger partial charge in [-0.25, -0.2) is 8.42 Å². The average molecular weight is 548 g/mol. The fraction of sp³-hybridized carbons (Fsp3) is 0.222. The third kappa shape index (κ3) is 5.59. The van der Waals surface area contributed by atoms with Crippen LogP contribution in [0.3, 0.4) is 0 Å². The molecular formula is C27H25Cl3N2O2S. The summed E-state index contributed by atoms with van der Waals surface area (Å²) in [6.07, 6.45) is 1.20. The minimum absolute atomic E-state index is 0.170. The van der Waals surface area contributed by atoms with Gasteiger partial charge in [0, 0.05) is 17.2 Å². The van der Waals surface area contributed by atoms with Gasteiger partial charge in [0.2, 0.25) is 0 Å². The normalized spacial score (nSPS) is 12.2. The third-order valence-corrected chi connectivity index (χ3v) is 8.02. The van der Waals surface area contributed by atoms with Crippen molar-refractivity contribution in [2.75, 3.05) is 6.26 Å². The molecule has 0 amide bonds. The molecule has 4 nitrogen and oxygen atoms in total. The van der Waals surface area contributed by atoms with Gasteiger partial charge in [-0.15, -0.1) is 0 Å². The molecule has 0 aliphatic rings. The number of hydrogen-bond donors (Lipinski definition) is 0. The monoisotopic (exact) mass is 546 g/mol. The molecular weight excluding hydrogens is 523 g/mol. The molecule has 0 fully saturated rings. The van der Waals surface area contributed by atoms with Gasteiger partial charge >= 0.3 is 0 Å². The van der Waals surface area contributed by atoms with Gasteiger partial charge in [0.15, 0.2) is 9.84 Å². The Labute approximate surface area is 221 Å². The van der Waals surface area contributed by atoms with E-state index in [4.69, 9.17) is 39.9 Å². The van der Waals surface area contributed by atoms with Crippen LogP contribution in [0.15, 0.2) is 71.6 Å². The van der Waals surface area contributed by atoms with Crippen LogP contribution in [0.2, 0.25) is 15.1 Å². The first kappa shape index (κ1) is 25.8. The van der Waals surface area contributed by atoms with Crippen molar-refractivity contribution in [1.82, 2.24) is 9.78 Å². The highest BCUT2D eigenvalue weighted by Crippen LogP contribution is 2.36. The zero-order valence-corrected chi connectivity index (χ0v) is 22.9. The molecule has 3 aromatic carbocycles. The summed E-state index contributed by atoms with van der Waals surface area (Å²) >= 11 is 19.5. The second-order valence-corrected chi connectivity index (χ2v) is 12.7. The minimum Gasteiger partial charge on any atom is -0.260 e. The van der Waals surface area contributed by atoms with Gasteiger partial charge in [-0.1, -0.05) is 92.0 Å². The molecule has 182 valence electrons. The first-order valence-corrected chi connectivity index (χ1v) is 14.0. The molecule has 0 atom stereocenters. The predicted octanol–water partition coefficient (Wildman–Crippen LogP) is 7.93. The van der Waals surface area contributed by atoms with Gasteiger partial charge in [-0.3, -0.25) is 4.68 Å². The Hall–Kier alpha value is -2.31. The van der Waals surface area contributed by atoms with Gasteiger partial charge in [-0.05, 0) is 47.0 Å². The summed E-state index contributed by atoms with van der Waals surface area (Å²) < 4.78 is 25.9. The summed E-state index contributed by atoms with van der Waals surface area (Å²) in [7, 11) is -3.31. The molecule has 4 aromatic rings. The van der Waals surface area contributed by atoms with Crippen LogP contribution in [0.1, 0.15) is 32.0 Å². The number of nitrogens with zero attached hydrogens (tertiary/aromatic N) is 2. The molecule has 0 saturated carbocycles. The maximum absolute atomic E-state index is 12.0. The lowest BCUT2D eigenvalue weighted by Crippen LogP contribution is -2.13. The molecule has 1 heterocycles.